The molecule has 7 heteroatoms. The molecule has 0 radical (unpaired) electrons. The number of hydrogen-bond donors (Lipinski definition) is 0. The standard InChI is InChI=1S/C21H23N3O4/c1-23(13-15-10-11-17(26-2)12-18(15)27-3)21(25)20-19(28-4)14-24(22-20)16-8-6-5-7-9-16/h5-12,14H,13H2,1-4H3. The Kier molecular flexibility index (Phi) is 5.84. The van der Waals surface area contributed by atoms with Crippen LogP contribution in [0.1, 0.15) is 16.1 Å². The first-order valence-corrected chi connectivity index (χ1v) is 8.72. The summed E-state index contributed by atoms with van der Waals surface area (Å²) in [7, 11) is 6.42. The quantitative estimate of drug-likeness (QED) is 0.629. The van der Waals surface area contributed by atoms with Crippen molar-refractivity contribution in [3.8, 4) is 22.9 Å². The summed E-state index contributed by atoms with van der Waals surface area (Å²) in [4.78, 5) is 14.6. The first-order valence-electron chi connectivity index (χ1n) is 8.72. The maximum Gasteiger partial charge on any atom is 0.278 e. The predicted octanol–water partition coefficient (Wildman–Crippen LogP) is 3.17. The van der Waals surface area contributed by atoms with Crippen molar-refractivity contribution in [2.75, 3.05) is 28.4 Å². The molecular weight excluding hydrogens is 358 g/mol. The minimum absolute atomic E-state index is 0.246. The molecule has 0 bridgehead atoms. The minimum atomic E-state index is -0.246. The van der Waals surface area contributed by atoms with E-state index in [0.29, 0.717) is 23.8 Å². The van der Waals surface area contributed by atoms with Gasteiger partial charge in [-0.1, -0.05) is 18.2 Å². The van der Waals surface area contributed by atoms with Gasteiger partial charge >= 0.3 is 0 Å². The Hall–Kier alpha value is -3.48. The van der Waals surface area contributed by atoms with Gasteiger partial charge in [-0.3, -0.25) is 4.79 Å². The van der Waals surface area contributed by atoms with Gasteiger partial charge in [-0.25, -0.2) is 4.68 Å². The van der Waals surface area contributed by atoms with Gasteiger partial charge in [0, 0.05) is 25.2 Å². The largest absolute Gasteiger partial charge is 0.497 e. The van der Waals surface area contributed by atoms with Gasteiger partial charge in [0.05, 0.1) is 33.2 Å². The second-order valence-corrected chi connectivity index (χ2v) is 6.17. The van der Waals surface area contributed by atoms with Crippen LogP contribution in [0.3, 0.4) is 0 Å². The highest BCUT2D eigenvalue weighted by Crippen LogP contribution is 2.27. The number of amides is 1. The number of carbonyl (C=O) groups excluding carboxylic acids is 1. The smallest absolute Gasteiger partial charge is 0.278 e. The van der Waals surface area contributed by atoms with E-state index in [0.717, 1.165) is 11.3 Å². The summed E-state index contributed by atoms with van der Waals surface area (Å²) >= 11 is 0. The van der Waals surface area contributed by atoms with E-state index in [1.807, 2.05) is 42.5 Å². The van der Waals surface area contributed by atoms with Crippen molar-refractivity contribution < 1.29 is 19.0 Å². The number of hydrogen-bond acceptors (Lipinski definition) is 5. The summed E-state index contributed by atoms with van der Waals surface area (Å²) in [5.41, 5.74) is 1.96. The molecule has 7 nitrogen and oxygen atoms in total. The lowest BCUT2D eigenvalue weighted by Crippen LogP contribution is -2.27. The van der Waals surface area contributed by atoms with E-state index >= 15 is 0 Å². The highest BCUT2D eigenvalue weighted by molar-refractivity contribution is 5.94. The molecule has 0 atom stereocenters. The Labute approximate surface area is 164 Å². The van der Waals surface area contributed by atoms with Crippen LogP contribution in [-0.2, 0) is 6.54 Å². The van der Waals surface area contributed by atoms with Crippen LogP contribution in [0.4, 0.5) is 0 Å². The lowest BCUT2D eigenvalue weighted by atomic mass is 10.1. The summed E-state index contributed by atoms with van der Waals surface area (Å²) in [6.45, 7) is 0.355. The summed E-state index contributed by atoms with van der Waals surface area (Å²) in [6.07, 6.45) is 1.70. The number of carbonyl (C=O) groups is 1. The lowest BCUT2D eigenvalue weighted by molar-refractivity contribution is 0.0774. The number of benzene rings is 2. The van der Waals surface area contributed by atoms with Crippen molar-refractivity contribution in [2.24, 2.45) is 0 Å². The van der Waals surface area contributed by atoms with Gasteiger partial charge in [0.1, 0.15) is 11.5 Å². The van der Waals surface area contributed by atoms with Crippen molar-refractivity contribution in [3.63, 3.8) is 0 Å². The van der Waals surface area contributed by atoms with E-state index < -0.39 is 0 Å². The highest BCUT2D eigenvalue weighted by Gasteiger charge is 2.22. The molecule has 0 fully saturated rings. The zero-order valence-electron chi connectivity index (χ0n) is 16.4. The van der Waals surface area contributed by atoms with E-state index in [1.54, 1.807) is 43.1 Å². The van der Waals surface area contributed by atoms with Crippen LogP contribution in [0.25, 0.3) is 5.69 Å². The van der Waals surface area contributed by atoms with Crippen molar-refractivity contribution in [3.05, 3.63) is 66.0 Å². The zero-order valence-corrected chi connectivity index (χ0v) is 16.4. The topological polar surface area (TPSA) is 65.8 Å². The predicted molar refractivity (Wildman–Crippen MR) is 105 cm³/mol. The van der Waals surface area contributed by atoms with Gasteiger partial charge in [-0.2, -0.15) is 5.10 Å². The van der Waals surface area contributed by atoms with Crippen molar-refractivity contribution >= 4 is 5.91 Å². The molecule has 0 saturated heterocycles. The third-order valence-electron chi connectivity index (χ3n) is 4.37. The lowest BCUT2D eigenvalue weighted by Gasteiger charge is -2.18. The van der Waals surface area contributed by atoms with Crippen LogP contribution >= 0.6 is 0 Å². The maximum atomic E-state index is 13.0. The Morgan fingerprint density at radius 1 is 1.00 bits per heavy atom. The third kappa shape index (κ3) is 3.93. The Morgan fingerprint density at radius 2 is 1.71 bits per heavy atom. The van der Waals surface area contributed by atoms with Crippen LogP contribution in [0, 0.1) is 0 Å². The maximum absolute atomic E-state index is 13.0. The number of ether oxygens (including phenoxy) is 3. The van der Waals surface area contributed by atoms with Gasteiger partial charge in [-0.15, -0.1) is 0 Å². The molecule has 146 valence electrons. The Bertz CT molecular complexity index is 954. The van der Waals surface area contributed by atoms with Crippen LogP contribution in [0.2, 0.25) is 0 Å². The summed E-state index contributed by atoms with van der Waals surface area (Å²) in [5.74, 6) is 1.52. The molecule has 28 heavy (non-hydrogen) atoms. The fraction of sp³-hybridized carbons (Fsp3) is 0.238. The monoisotopic (exact) mass is 381 g/mol. The van der Waals surface area contributed by atoms with Gasteiger partial charge in [-0.05, 0) is 24.3 Å². The van der Waals surface area contributed by atoms with Crippen LogP contribution in [0.15, 0.2) is 54.7 Å². The van der Waals surface area contributed by atoms with Crippen molar-refractivity contribution in [2.45, 2.75) is 6.54 Å². The third-order valence-corrected chi connectivity index (χ3v) is 4.37. The molecule has 0 aliphatic rings. The first kappa shape index (κ1) is 19.3. The molecule has 0 unspecified atom stereocenters. The molecule has 3 aromatic rings. The Balaban J connectivity index is 1.85. The van der Waals surface area contributed by atoms with E-state index in [-0.39, 0.29) is 11.6 Å². The first-order chi connectivity index (χ1) is 13.6. The average molecular weight is 381 g/mol. The van der Waals surface area contributed by atoms with Crippen molar-refractivity contribution in [1.29, 1.82) is 0 Å². The molecule has 1 heterocycles. The summed E-state index contributed by atoms with van der Waals surface area (Å²) in [5, 5.41) is 4.43. The van der Waals surface area contributed by atoms with E-state index in [2.05, 4.69) is 5.10 Å². The fourth-order valence-electron chi connectivity index (χ4n) is 2.86. The molecular formula is C21H23N3O4. The molecule has 0 aliphatic carbocycles. The second-order valence-electron chi connectivity index (χ2n) is 6.17. The van der Waals surface area contributed by atoms with Gasteiger partial charge in [0.15, 0.2) is 11.4 Å². The van der Waals surface area contributed by atoms with E-state index in [9.17, 15) is 4.79 Å². The molecule has 0 N–H and O–H groups in total. The Morgan fingerprint density at radius 3 is 2.36 bits per heavy atom. The number of methoxy groups -OCH3 is 3. The number of para-hydroxylation sites is 1. The average Bonchev–Trinajstić information content (AvgIpc) is 3.18. The molecule has 2 aromatic carbocycles. The van der Waals surface area contributed by atoms with E-state index in [4.69, 9.17) is 14.2 Å². The summed E-state index contributed by atoms with van der Waals surface area (Å²) < 4.78 is 17.6. The molecule has 0 saturated carbocycles. The molecule has 0 aliphatic heterocycles. The second kappa shape index (κ2) is 8.47. The number of aromatic nitrogens is 2. The minimum Gasteiger partial charge on any atom is -0.497 e. The highest BCUT2D eigenvalue weighted by atomic mass is 16.5. The zero-order chi connectivity index (χ0) is 20.1. The normalized spacial score (nSPS) is 10.4. The SMILES string of the molecule is COc1ccc(CN(C)C(=O)c2nn(-c3ccccc3)cc2OC)c(OC)c1. The van der Waals surface area contributed by atoms with Gasteiger partial charge in [0.2, 0.25) is 0 Å². The molecule has 0 spiro atoms. The van der Waals surface area contributed by atoms with Crippen molar-refractivity contribution in [1.82, 2.24) is 14.7 Å². The molecule has 3 rings (SSSR count). The van der Waals surface area contributed by atoms with Crippen LogP contribution in [0.5, 0.6) is 17.2 Å². The van der Waals surface area contributed by atoms with Gasteiger partial charge in [0.25, 0.3) is 5.91 Å². The van der Waals surface area contributed by atoms with Gasteiger partial charge < -0.3 is 19.1 Å². The van der Waals surface area contributed by atoms with Crippen LogP contribution < -0.4 is 14.2 Å². The number of nitrogens with zero attached hydrogens (tertiary/aromatic N) is 3. The van der Waals surface area contributed by atoms with Crippen LogP contribution in [-0.4, -0.2) is 49.0 Å². The molecule has 1 amide bonds. The number of rotatable bonds is 7. The fourth-order valence-corrected chi connectivity index (χ4v) is 2.86. The van der Waals surface area contributed by atoms with E-state index in [1.165, 1.54) is 7.11 Å². The molecule has 1 aromatic heterocycles. The summed E-state index contributed by atoms with van der Waals surface area (Å²) in [6, 6.07) is 15.1.